The molecule has 0 aliphatic carbocycles. The number of amides is 1. The summed E-state index contributed by atoms with van der Waals surface area (Å²) in [6.45, 7) is 6.28. The first-order valence-corrected chi connectivity index (χ1v) is 12.4. The number of carbonyl (C=O) groups excluding carboxylic acids is 1. The number of nitrogens with one attached hydrogen (secondary N) is 1. The van der Waals surface area contributed by atoms with Crippen LogP contribution in [0.2, 0.25) is 0 Å². The summed E-state index contributed by atoms with van der Waals surface area (Å²) in [6, 6.07) is 11.5. The quantitative estimate of drug-likeness (QED) is 0.713. The lowest BCUT2D eigenvalue weighted by atomic mass is 9.99. The van der Waals surface area contributed by atoms with Crippen LogP contribution in [0.4, 0.5) is 5.69 Å². The molecule has 0 radical (unpaired) electrons. The third-order valence-electron chi connectivity index (χ3n) is 5.29. The third-order valence-corrected chi connectivity index (χ3v) is 8.19. The Balaban J connectivity index is 1.78. The largest absolute Gasteiger partial charge is 0.326 e. The minimum absolute atomic E-state index is 0.125. The molecule has 0 saturated carbocycles. The van der Waals surface area contributed by atoms with Gasteiger partial charge in [-0.1, -0.05) is 23.8 Å². The van der Waals surface area contributed by atoms with Crippen molar-refractivity contribution in [3.63, 3.8) is 0 Å². The van der Waals surface area contributed by atoms with E-state index in [9.17, 15) is 13.2 Å². The standard InChI is InChI=1S/C22H28N2O3S2/c1-15-11-16(2)21(17(3)12-15)29(26,27)24-10-6-7-18(14-24)22(25)23-19-8-5-9-20(13-19)28-4/h5,8-9,11-13,18H,6-7,10,14H2,1-4H3,(H,23,25)/t18-/m1/s1. The highest BCUT2D eigenvalue weighted by molar-refractivity contribution is 7.98. The Labute approximate surface area is 177 Å². The molecule has 2 aromatic rings. The molecule has 29 heavy (non-hydrogen) atoms. The van der Waals surface area contributed by atoms with Crippen molar-refractivity contribution < 1.29 is 13.2 Å². The van der Waals surface area contributed by atoms with Gasteiger partial charge in [-0.3, -0.25) is 4.79 Å². The maximum absolute atomic E-state index is 13.3. The number of thioether (sulfide) groups is 1. The molecule has 156 valence electrons. The molecule has 1 N–H and O–H groups in total. The Hall–Kier alpha value is -1.83. The highest BCUT2D eigenvalue weighted by Crippen LogP contribution is 2.29. The Morgan fingerprint density at radius 2 is 1.83 bits per heavy atom. The van der Waals surface area contributed by atoms with Crippen LogP contribution >= 0.6 is 11.8 Å². The maximum atomic E-state index is 13.3. The van der Waals surface area contributed by atoms with Crippen molar-refractivity contribution in [3.8, 4) is 0 Å². The predicted molar refractivity (Wildman–Crippen MR) is 119 cm³/mol. The van der Waals surface area contributed by atoms with Crippen molar-refractivity contribution in [1.29, 1.82) is 0 Å². The van der Waals surface area contributed by atoms with E-state index in [-0.39, 0.29) is 18.4 Å². The summed E-state index contributed by atoms with van der Waals surface area (Å²) in [5, 5.41) is 2.95. The minimum Gasteiger partial charge on any atom is -0.326 e. The second-order valence-corrected chi connectivity index (χ2v) is 10.4. The first-order chi connectivity index (χ1) is 13.7. The van der Waals surface area contributed by atoms with E-state index < -0.39 is 10.0 Å². The number of nitrogens with zero attached hydrogens (tertiary/aromatic N) is 1. The normalized spacial score (nSPS) is 17.9. The summed E-state index contributed by atoms with van der Waals surface area (Å²) in [7, 11) is -3.64. The van der Waals surface area contributed by atoms with Crippen molar-refractivity contribution in [2.75, 3.05) is 24.7 Å². The molecule has 1 aliphatic heterocycles. The van der Waals surface area contributed by atoms with Gasteiger partial charge in [0, 0.05) is 23.7 Å². The van der Waals surface area contributed by atoms with Crippen molar-refractivity contribution >= 4 is 33.4 Å². The molecule has 1 aliphatic rings. The predicted octanol–water partition coefficient (Wildman–Crippen LogP) is 4.37. The third kappa shape index (κ3) is 4.85. The van der Waals surface area contributed by atoms with Crippen LogP contribution in [0.15, 0.2) is 46.2 Å². The SMILES string of the molecule is CSc1cccc(NC(=O)[C@@H]2CCCN(S(=O)(=O)c3c(C)cc(C)cc3C)C2)c1. The summed E-state index contributed by atoms with van der Waals surface area (Å²) >= 11 is 1.61. The molecule has 1 heterocycles. The van der Waals surface area contributed by atoms with Gasteiger partial charge in [-0.05, 0) is 69.2 Å². The summed E-state index contributed by atoms with van der Waals surface area (Å²) in [6.07, 6.45) is 3.35. The number of anilines is 1. The average molecular weight is 433 g/mol. The zero-order valence-corrected chi connectivity index (χ0v) is 19.0. The van der Waals surface area contributed by atoms with Crippen LogP contribution in [0.25, 0.3) is 0 Å². The van der Waals surface area contributed by atoms with Gasteiger partial charge in [0.1, 0.15) is 0 Å². The summed E-state index contributed by atoms with van der Waals surface area (Å²) in [4.78, 5) is 14.3. The van der Waals surface area contributed by atoms with Crippen molar-refractivity contribution in [2.24, 2.45) is 5.92 Å². The van der Waals surface area contributed by atoms with Crippen LogP contribution in [0, 0.1) is 26.7 Å². The Bertz CT molecular complexity index is 995. The second-order valence-electron chi connectivity index (χ2n) is 7.65. The second kappa shape index (κ2) is 8.90. The number of sulfonamides is 1. The molecule has 0 unspecified atom stereocenters. The molecule has 0 spiro atoms. The highest BCUT2D eigenvalue weighted by Gasteiger charge is 2.34. The maximum Gasteiger partial charge on any atom is 0.243 e. The molecule has 1 atom stereocenters. The van der Waals surface area contributed by atoms with E-state index in [1.54, 1.807) is 11.8 Å². The summed E-state index contributed by atoms with van der Waals surface area (Å²) in [5.41, 5.74) is 3.29. The number of rotatable bonds is 5. The van der Waals surface area contributed by atoms with E-state index in [2.05, 4.69) is 5.32 Å². The minimum atomic E-state index is -3.64. The van der Waals surface area contributed by atoms with Crippen molar-refractivity contribution in [2.45, 2.75) is 43.4 Å². The van der Waals surface area contributed by atoms with E-state index in [0.29, 0.717) is 24.3 Å². The fourth-order valence-electron chi connectivity index (χ4n) is 4.02. The first-order valence-electron chi connectivity index (χ1n) is 9.75. The average Bonchev–Trinajstić information content (AvgIpc) is 2.67. The molecule has 3 rings (SSSR count). The fraction of sp³-hybridized carbons (Fsp3) is 0.409. The number of hydrogen-bond acceptors (Lipinski definition) is 4. The van der Waals surface area contributed by atoms with Crippen LogP contribution in [0.5, 0.6) is 0 Å². The number of piperidine rings is 1. The lowest BCUT2D eigenvalue weighted by molar-refractivity contribution is -0.120. The van der Waals surface area contributed by atoms with Gasteiger partial charge < -0.3 is 5.32 Å². The van der Waals surface area contributed by atoms with Crippen LogP contribution in [0.3, 0.4) is 0 Å². The smallest absolute Gasteiger partial charge is 0.243 e. The summed E-state index contributed by atoms with van der Waals surface area (Å²) < 4.78 is 28.2. The molecule has 0 aromatic heterocycles. The van der Waals surface area contributed by atoms with Crippen LogP contribution in [-0.4, -0.2) is 38.0 Å². The number of hydrogen-bond donors (Lipinski definition) is 1. The number of benzene rings is 2. The number of carbonyl (C=O) groups is 1. The highest BCUT2D eigenvalue weighted by atomic mass is 32.2. The van der Waals surface area contributed by atoms with Gasteiger partial charge in [-0.2, -0.15) is 4.31 Å². The molecular formula is C22H28N2O3S2. The van der Waals surface area contributed by atoms with Crippen molar-refractivity contribution in [3.05, 3.63) is 53.1 Å². The van der Waals surface area contributed by atoms with Crippen molar-refractivity contribution in [1.82, 2.24) is 4.31 Å². The van der Waals surface area contributed by atoms with E-state index in [1.165, 1.54) is 4.31 Å². The molecule has 7 heteroatoms. The Morgan fingerprint density at radius 3 is 2.48 bits per heavy atom. The van der Waals surface area contributed by atoms with Gasteiger partial charge >= 0.3 is 0 Å². The van der Waals surface area contributed by atoms with Gasteiger partial charge in [-0.25, -0.2) is 8.42 Å². The molecule has 2 aromatic carbocycles. The molecule has 1 amide bonds. The van der Waals surface area contributed by atoms with Gasteiger partial charge in [0.05, 0.1) is 10.8 Å². The van der Waals surface area contributed by atoms with Gasteiger partial charge in [0.2, 0.25) is 15.9 Å². The van der Waals surface area contributed by atoms with Gasteiger partial charge in [-0.15, -0.1) is 11.8 Å². The number of aryl methyl sites for hydroxylation is 3. The van der Waals surface area contributed by atoms with Crippen LogP contribution in [-0.2, 0) is 14.8 Å². The molecule has 1 saturated heterocycles. The molecule has 0 bridgehead atoms. The lowest BCUT2D eigenvalue weighted by Gasteiger charge is -2.32. The molecule has 1 fully saturated rings. The van der Waals surface area contributed by atoms with E-state index in [1.807, 2.05) is 63.4 Å². The topological polar surface area (TPSA) is 66.5 Å². The van der Waals surface area contributed by atoms with Gasteiger partial charge in [0.25, 0.3) is 0 Å². The van der Waals surface area contributed by atoms with E-state index in [0.717, 1.165) is 27.3 Å². The molecule has 5 nitrogen and oxygen atoms in total. The zero-order chi connectivity index (χ0) is 21.2. The zero-order valence-electron chi connectivity index (χ0n) is 17.4. The Kier molecular flexibility index (Phi) is 6.71. The van der Waals surface area contributed by atoms with E-state index >= 15 is 0 Å². The lowest BCUT2D eigenvalue weighted by Crippen LogP contribution is -2.44. The van der Waals surface area contributed by atoms with Crippen LogP contribution in [0.1, 0.15) is 29.5 Å². The van der Waals surface area contributed by atoms with Gasteiger partial charge in [0.15, 0.2) is 0 Å². The van der Waals surface area contributed by atoms with Crippen LogP contribution < -0.4 is 5.32 Å². The monoisotopic (exact) mass is 432 g/mol. The van der Waals surface area contributed by atoms with E-state index in [4.69, 9.17) is 0 Å². The fourth-order valence-corrected chi connectivity index (χ4v) is 6.42. The summed E-state index contributed by atoms with van der Waals surface area (Å²) in [5.74, 6) is -0.483. The molecular weight excluding hydrogens is 404 g/mol. The first kappa shape index (κ1) is 21.9. The Morgan fingerprint density at radius 1 is 1.14 bits per heavy atom.